The van der Waals surface area contributed by atoms with Crippen LogP contribution in [0.15, 0.2) is 35.2 Å². The standard InChI is InChI=1S/C8H10O5S2/c9-14(10,6-7-15(11,12)13)8-4-2-1-3-5-8/h1-5H,6-7H2,(H,11,12,13). The lowest BCUT2D eigenvalue weighted by molar-refractivity contribution is 0.484. The Hall–Kier alpha value is -0.920. The second-order valence-electron chi connectivity index (χ2n) is 2.92. The molecule has 84 valence electrons. The van der Waals surface area contributed by atoms with Crippen molar-refractivity contribution in [3.05, 3.63) is 30.3 Å². The summed E-state index contributed by atoms with van der Waals surface area (Å²) in [5, 5.41) is 0. The second-order valence-corrected chi connectivity index (χ2v) is 6.60. The van der Waals surface area contributed by atoms with Crippen molar-refractivity contribution in [2.24, 2.45) is 0 Å². The van der Waals surface area contributed by atoms with Gasteiger partial charge in [-0.1, -0.05) is 18.2 Å². The van der Waals surface area contributed by atoms with Gasteiger partial charge in [0.1, 0.15) is 0 Å². The topological polar surface area (TPSA) is 88.5 Å². The molecule has 7 heteroatoms. The molecule has 1 aromatic carbocycles. The lowest BCUT2D eigenvalue weighted by Gasteiger charge is -2.02. The summed E-state index contributed by atoms with van der Waals surface area (Å²) >= 11 is 0. The Bertz CT molecular complexity index is 515. The third kappa shape index (κ3) is 3.98. The molecule has 0 spiro atoms. The van der Waals surface area contributed by atoms with Gasteiger partial charge in [-0.15, -0.1) is 0 Å². The van der Waals surface area contributed by atoms with Crippen molar-refractivity contribution in [2.75, 3.05) is 11.5 Å². The van der Waals surface area contributed by atoms with Crippen molar-refractivity contribution >= 4 is 20.0 Å². The van der Waals surface area contributed by atoms with Crippen LogP contribution in [0.3, 0.4) is 0 Å². The van der Waals surface area contributed by atoms with Gasteiger partial charge < -0.3 is 0 Å². The predicted molar refractivity (Wildman–Crippen MR) is 54.9 cm³/mol. The molecule has 0 amide bonds. The van der Waals surface area contributed by atoms with Crippen LogP contribution in [0.4, 0.5) is 0 Å². The molecule has 0 saturated carbocycles. The van der Waals surface area contributed by atoms with Gasteiger partial charge in [0.25, 0.3) is 10.1 Å². The number of sulfone groups is 1. The molecule has 1 N–H and O–H groups in total. The molecule has 0 bridgehead atoms. The summed E-state index contributed by atoms with van der Waals surface area (Å²) in [6.07, 6.45) is 0. The van der Waals surface area contributed by atoms with E-state index in [1.807, 2.05) is 0 Å². The normalized spacial score (nSPS) is 12.6. The van der Waals surface area contributed by atoms with Crippen molar-refractivity contribution < 1.29 is 21.4 Å². The Kier molecular flexibility index (Phi) is 3.48. The van der Waals surface area contributed by atoms with Gasteiger partial charge in [0, 0.05) is 0 Å². The van der Waals surface area contributed by atoms with Crippen LogP contribution in [0.1, 0.15) is 0 Å². The number of rotatable bonds is 4. The monoisotopic (exact) mass is 250 g/mol. The minimum atomic E-state index is -4.24. The first-order valence-corrected chi connectivity index (χ1v) is 7.30. The molecule has 15 heavy (non-hydrogen) atoms. The van der Waals surface area contributed by atoms with E-state index in [1.54, 1.807) is 18.2 Å². The zero-order chi connectivity index (χ0) is 11.5. The highest BCUT2D eigenvalue weighted by Gasteiger charge is 2.17. The molecule has 0 aromatic heterocycles. The molecule has 0 saturated heterocycles. The second kappa shape index (κ2) is 4.30. The molecule has 0 aliphatic carbocycles. The lowest BCUT2D eigenvalue weighted by atomic mass is 10.4. The van der Waals surface area contributed by atoms with E-state index in [9.17, 15) is 16.8 Å². The van der Waals surface area contributed by atoms with Crippen LogP contribution in [0, 0.1) is 0 Å². The Morgan fingerprint density at radius 2 is 1.47 bits per heavy atom. The molecule has 0 aliphatic rings. The van der Waals surface area contributed by atoms with Crippen molar-refractivity contribution in [1.29, 1.82) is 0 Å². The number of benzene rings is 1. The van der Waals surface area contributed by atoms with Crippen LogP contribution in [-0.4, -0.2) is 32.9 Å². The van der Waals surface area contributed by atoms with Gasteiger partial charge in [-0.3, -0.25) is 4.55 Å². The summed E-state index contributed by atoms with van der Waals surface area (Å²) in [6.45, 7) is 0. The molecule has 0 unspecified atom stereocenters. The molecule has 5 nitrogen and oxygen atoms in total. The van der Waals surface area contributed by atoms with Crippen LogP contribution in [0.5, 0.6) is 0 Å². The van der Waals surface area contributed by atoms with E-state index in [4.69, 9.17) is 4.55 Å². The number of hydrogen-bond donors (Lipinski definition) is 1. The van der Waals surface area contributed by atoms with E-state index in [-0.39, 0.29) is 4.90 Å². The predicted octanol–water partition coefficient (Wildman–Crippen LogP) is 0.348. The minimum Gasteiger partial charge on any atom is -0.286 e. The Morgan fingerprint density at radius 1 is 0.933 bits per heavy atom. The summed E-state index contributed by atoms with van der Waals surface area (Å²) in [5.74, 6) is -1.40. The van der Waals surface area contributed by atoms with Crippen molar-refractivity contribution in [1.82, 2.24) is 0 Å². The summed E-state index contributed by atoms with van der Waals surface area (Å²) in [6, 6.07) is 7.49. The Morgan fingerprint density at radius 3 is 1.93 bits per heavy atom. The highest BCUT2D eigenvalue weighted by atomic mass is 32.2. The van der Waals surface area contributed by atoms with E-state index in [2.05, 4.69) is 0 Å². The molecular weight excluding hydrogens is 240 g/mol. The average Bonchev–Trinajstić information content (AvgIpc) is 2.16. The maximum Gasteiger partial charge on any atom is 0.265 e. The fourth-order valence-electron chi connectivity index (χ4n) is 0.961. The Labute approximate surface area is 88.4 Å². The average molecular weight is 250 g/mol. The van der Waals surface area contributed by atoms with Crippen LogP contribution >= 0.6 is 0 Å². The summed E-state index contributed by atoms with van der Waals surface area (Å²) < 4.78 is 52.2. The minimum absolute atomic E-state index is 0.0497. The maximum absolute atomic E-state index is 11.5. The van der Waals surface area contributed by atoms with Gasteiger partial charge in [0.2, 0.25) is 0 Å². The third-order valence-electron chi connectivity index (χ3n) is 1.71. The SMILES string of the molecule is O=S(=O)(O)CCS(=O)(=O)c1ccccc1. The van der Waals surface area contributed by atoms with Gasteiger partial charge in [0.05, 0.1) is 16.4 Å². The molecule has 0 fully saturated rings. The van der Waals surface area contributed by atoms with Crippen LogP contribution in [0.25, 0.3) is 0 Å². The van der Waals surface area contributed by atoms with E-state index >= 15 is 0 Å². The molecule has 0 aliphatic heterocycles. The lowest BCUT2D eigenvalue weighted by Crippen LogP contribution is -2.16. The number of hydrogen-bond acceptors (Lipinski definition) is 4. The van der Waals surface area contributed by atoms with Crippen LogP contribution in [0.2, 0.25) is 0 Å². The summed E-state index contributed by atoms with van der Waals surface area (Å²) in [5.41, 5.74) is 0. The maximum atomic E-state index is 11.5. The summed E-state index contributed by atoms with van der Waals surface area (Å²) in [7, 11) is -7.88. The molecular formula is C8H10O5S2. The van der Waals surface area contributed by atoms with E-state index in [0.717, 1.165) is 0 Å². The van der Waals surface area contributed by atoms with Gasteiger partial charge in [-0.25, -0.2) is 8.42 Å². The molecule has 0 atom stereocenters. The molecule has 1 rings (SSSR count). The third-order valence-corrected chi connectivity index (χ3v) is 4.42. The van der Waals surface area contributed by atoms with Crippen LogP contribution < -0.4 is 0 Å². The van der Waals surface area contributed by atoms with E-state index in [0.29, 0.717) is 0 Å². The fraction of sp³-hybridized carbons (Fsp3) is 0.250. The van der Waals surface area contributed by atoms with Crippen LogP contribution in [-0.2, 0) is 20.0 Å². The zero-order valence-corrected chi connectivity index (χ0v) is 9.33. The highest BCUT2D eigenvalue weighted by molar-refractivity contribution is 7.93. The molecule has 0 heterocycles. The summed E-state index contributed by atoms with van der Waals surface area (Å²) in [4.78, 5) is 0.0497. The fourth-order valence-corrected chi connectivity index (χ4v) is 3.49. The largest absolute Gasteiger partial charge is 0.286 e. The molecule has 1 aromatic rings. The van der Waals surface area contributed by atoms with E-state index < -0.39 is 31.5 Å². The highest BCUT2D eigenvalue weighted by Crippen LogP contribution is 2.10. The molecule has 0 radical (unpaired) electrons. The van der Waals surface area contributed by atoms with E-state index in [1.165, 1.54) is 12.1 Å². The first-order chi connectivity index (χ1) is 6.81. The van der Waals surface area contributed by atoms with Gasteiger partial charge in [-0.2, -0.15) is 8.42 Å². The smallest absolute Gasteiger partial charge is 0.265 e. The van der Waals surface area contributed by atoms with Gasteiger partial charge in [-0.05, 0) is 12.1 Å². The first-order valence-electron chi connectivity index (χ1n) is 4.04. The Balaban J connectivity index is 2.87. The van der Waals surface area contributed by atoms with Crippen molar-refractivity contribution in [3.63, 3.8) is 0 Å². The van der Waals surface area contributed by atoms with Crippen molar-refractivity contribution in [3.8, 4) is 0 Å². The van der Waals surface area contributed by atoms with Gasteiger partial charge in [0.15, 0.2) is 9.84 Å². The van der Waals surface area contributed by atoms with Crippen molar-refractivity contribution in [2.45, 2.75) is 4.90 Å². The van der Waals surface area contributed by atoms with Gasteiger partial charge >= 0.3 is 0 Å². The zero-order valence-electron chi connectivity index (χ0n) is 7.70. The quantitative estimate of drug-likeness (QED) is 0.779. The first kappa shape index (κ1) is 12.2.